The Kier molecular flexibility index (Phi) is 6.14. The largest absolute Gasteiger partial charge is 0.114 e. The van der Waals surface area contributed by atoms with E-state index in [1.54, 1.807) is 0 Å². The van der Waals surface area contributed by atoms with Gasteiger partial charge in [-0.3, -0.25) is 0 Å². The highest BCUT2D eigenvalue weighted by Gasteiger charge is 1.91. The summed E-state index contributed by atoms with van der Waals surface area (Å²) in [5.74, 6) is 0. The zero-order valence-electron chi connectivity index (χ0n) is 11.2. The van der Waals surface area contributed by atoms with Gasteiger partial charge < -0.3 is 0 Å². The molecule has 17 heavy (non-hydrogen) atoms. The van der Waals surface area contributed by atoms with E-state index in [9.17, 15) is 0 Å². The predicted molar refractivity (Wildman–Crippen MR) is 76.9 cm³/mol. The maximum atomic E-state index is 3.42. The topological polar surface area (TPSA) is 0 Å². The van der Waals surface area contributed by atoms with E-state index in [2.05, 4.69) is 62.9 Å². The minimum atomic E-state index is 1.17. The van der Waals surface area contributed by atoms with Crippen molar-refractivity contribution in [3.63, 3.8) is 0 Å². The molecule has 0 spiro atoms. The van der Waals surface area contributed by atoms with Crippen molar-refractivity contribution in [2.24, 2.45) is 0 Å². The summed E-state index contributed by atoms with van der Waals surface area (Å²) in [7, 11) is 0. The lowest BCUT2D eigenvalue weighted by atomic mass is 10.1. The summed E-state index contributed by atoms with van der Waals surface area (Å²) in [4.78, 5) is 0. The maximum absolute atomic E-state index is 3.42. The van der Waals surface area contributed by atoms with Crippen LogP contribution in [0.15, 0.2) is 53.8 Å². The van der Waals surface area contributed by atoms with Gasteiger partial charge in [-0.25, -0.2) is 0 Å². The number of rotatable bonds is 5. The fourth-order valence-corrected chi connectivity index (χ4v) is 1.68. The van der Waals surface area contributed by atoms with Crippen LogP contribution in [0.3, 0.4) is 0 Å². The van der Waals surface area contributed by atoms with E-state index in [1.165, 1.54) is 36.0 Å². The van der Waals surface area contributed by atoms with Gasteiger partial charge in [-0.05, 0) is 37.0 Å². The molecule has 1 aromatic carbocycles. The molecule has 0 aliphatic rings. The first-order valence-electron chi connectivity index (χ1n) is 6.40. The van der Waals surface area contributed by atoms with Gasteiger partial charge in [0.15, 0.2) is 0 Å². The summed E-state index contributed by atoms with van der Waals surface area (Å²) < 4.78 is 0. The Morgan fingerprint density at radius 3 is 2.53 bits per heavy atom. The molecule has 0 bridgehead atoms. The lowest BCUT2D eigenvalue weighted by molar-refractivity contribution is 0.814. The van der Waals surface area contributed by atoms with Crippen molar-refractivity contribution >= 4 is 5.57 Å². The van der Waals surface area contributed by atoms with Crippen LogP contribution in [0.1, 0.15) is 45.6 Å². The molecule has 0 amide bonds. The average Bonchev–Trinajstić information content (AvgIpc) is 2.36. The molecular formula is C17H22. The van der Waals surface area contributed by atoms with Crippen LogP contribution in [0.4, 0.5) is 0 Å². The minimum absolute atomic E-state index is 1.17. The summed E-state index contributed by atoms with van der Waals surface area (Å²) in [6, 6.07) is 10.4. The number of allylic oxidation sites excluding steroid dienone is 3. The molecule has 0 aliphatic carbocycles. The average molecular weight is 226 g/mol. The van der Waals surface area contributed by atoms with Crippen LogP contribution < -0.4 is 0 Å². The number of unbranched alkanes of at least 4 members (excludes halogenated alkanes) is 2. The predicted octanol–water partition coefficient (Wildman–Crippen LogP) is 5.38. The third-order valence-corrected chi connectivity index (χ3v) is 2.68. The molecule has 90 valence electrons. The van der Waals surface area contributed by atoms with Crippen molar-refractivity contribution < 1.29 is 0 Å². The number of hydrogen-bond donors (Lipinski definition) is 0. The van der Waals surface area contributed by atoms with Crippen molar-refractivity contribution in [2.45, 2.75) is 40.0 Å². The van der Waals surface area contributed by atoms with Gasteiger partial charge in [0.2, 0.25) is 0 Å². The van der Waals surface area contributed by atoms with Crippen LogP contribution in [0.25, 0.3) is 5.57 Å². The molecule has 0 nitrogen and oxygen atoms in total. The maximum Gasteiger partial charge on any atom is -0.00162 e. The summed E-state index contributed by atoms with van der Waals surface area (Å²) in [5, 5.41) is 0. The zero-order chi connectivity index (χ0) is 12.5. The lowest BCUT2D eigenvalue weighted by Gasteiger charge is -1.97. The first kappa shape index (κ1) is 13.5. The van der Waals surface area contributed by atoms with E-state index in [0.717, 1.165) is 0 Å². The van der Waals surface area contributed by atoms with Crippen molar-refractivity contribution in [1.82, 2.24) is 0 Å². The Labute approximate surface area is 105 Å². The van der Waals surface area contributed by atoms with Crippen LogP contribution in [0.5, 0.6) is 0 Å². The molecule has 0 aromatic heterocycles. The molecule has 0 fully saturated rings. The third-order valence-electron chi connectivity index (χ3n) is 2.68. The van der Waals surface area contributed by atoms with E-state index in [0.29, 0.717) is 0 Å². The number of benzene rings is 1. The van der Waals surface area contributed by atoms with Crippen molar-refractivity contribution in [3.05, 3.63) is 59.4 Å². The van der Waals surface area contributed by atoms with E-state index in [1.807, 2.05) is 6.07 Å². The van der Waals surface area contributed by atoms with Crippen molar-refractivity contribution in [3.8, 4) is 0 Å². The van der Waals surface area contributed by atoms with Gasteiger partial charge >= 0.3 is 0 Å². The van der Waals surface area contributed by atoms with Gasteiger partial charge in [0, 0.05) is 0 Å². The van der Waals surface area contributed by atoms with Gasteiger partial charge in [0.25, 0.3) is 0 Å². The molecule has 0 unspecified atom stereocenters. The zero-order valence-corrected chi connectivity index (χ0v) is 11.2. The quantitative estimate of drug-likeness (QED) is 0.359. The SMILES string of the molecule is CCCC/C=C/C(C)=C=C(C)c1ccccc1. The smallest absolute Gasteiger partial charge is 0.00162 e. The Hall–Kier alpha value is -1.52. The first-order chi connectivity index (χ1) is 8.24. The fraction of sp³-hybridized carbons (Fsp3) is 0.353. The second kappa shape index (κ2) is 7.70. The summed E-state index contributed by atoms with van der Waals surface area (Å²) in [6.45, 7) is 6.43. The van der Waals surface area contributed by atoms with Crippen molar-refractivity contribution in [2.75, 3.05) is 0 Å². The van der Waals surface area contributed by atoms with Gasteiger partial charge in [0.05, 0.1) is 0 Å². The van der Waals surface area contributed by atoms with E-state index in [-0.39, 0.29) is 0 Å². The van der Waals surface area contributed by atoms with E-state index >= 15 is 0 Å². The molecule has 0 N–H and O–H groups in total. The summed E-state index contributed by atoms with van der Waals surface area (Å²) in [6.07, 6.45) is 8.10. The van der Waals surface area contributed by atoms with Crippen LogP contribution >= 0.6 is 0 Å². The minimum Gasteiger partial charge on any atom is -0.114 e. The first-order valence-corrected chi connectivity index (χ1v) is 6.40. The Balaban J connectivity index is 2.75. The molecular weight excluding hydrogens is 204 g/mol. The number of hydrogen-bond acceptors (Lipinski definition) is 0. The monoisotopic (exact) mass is 226 g/mol. The van der Waals surface area contributed by atoms with Crippen LogP contribution in [0.2, 0.25) is 0 Å². The van der Waals surface area contributed by atoms with E-state index in [4.69, 9.17) is 0 Å². The third kappa shape index (κ3) is 5.38. The molecule has 0 aliphatic heterocycles. The molecule has 0 heteroatoms. The summed E-state index contributed by atoms with van der Waals surface area (Å²) >= 11 is 0. The highest BCUT2D eigenvalue weighted by Crippen LogP contribution is 2.12. The van der Waals surface area contributed by atoms with E-state index < -0.39 is 0 Å². The summed E-state index contributed by atoms with van der Waals surface area (Å²) in [5.41, 5.74) is 7.06. The molecule has 0 saturated carbocycles. The lowest BCUT2D eigenvalue weighted by Crippen LogP contribution is -1.76. The highest BCUT2D eigenvalue weighted by atomic mass is 14.0. The Morgan fingerprint density at radius 2 is 1.88 bits per heavy atom. The molecule has 0 saturated heterocycles. The molecule has 0 radical (unpaired) electrons. The Morgan fingerprint density at radius 1 is 1.18 bits per heavy atom. The van der Waals surface area contributed by atoms with Crippen molar-refractivity contribution in [1.29, 1.82) is 0 Å². The normalized spacial score (nSPS) is 10.3. The fourth-order valence-electron chi connectivity index (χ4n) is 1.68. The van der Waals surface area contributed by atoms with Gasteiger partial charge in [0.1, 0.15) is 0 Å². The molecule has 0 atom stereocenters. The van der Waals surface area contributed by atoms with Crippen LogP contribution in [-0.2, 0) is 0 Å². The molecule has 1 aromatic rings. The standard InChI is InChI=1S/C17H22/c1-4-5-6-8-11-15(2)14-16(3)17-12-9-7-10-13-17/h7-13H,4-6H2,1-3H3/b11-8+. The van der Waals surface area contributed by atoms with Gasteiger partial charge in [-0.2, -0.15) is 0 Å². The van der Waals surface area contributed by atoms with Gasteiger partial charge in [-0.1, -0.05) is 62.2 Å². The van der Waals surface area contributed by atoms with Crippen LogP contribution in [0, 0.1) is 0 Å². The second-order valence-corrected chi connectivity index (χ2v) is 4.34. The molecule has 0 heterocycles. The Bertz CT molecular complexity index is 415. The highest BCUT2D eigenvalue weighted by molar-refractivity contribution is 5.63. The molecule has 1 rings (SSSR count). The second-order valence-electron chi connectivity index (χ2n) is 4.34. The van der Waals surface area contributed by atoms with Gasteiger partial charge in [-0.15, -0.1) is 5.73 Å². The van der Waals surface area contributed by atoms with Crippen LogP contribution in [-0.4, -0.2) is 0 Å².